The Balaban J connectivity index is 1.90. The van der Waals surface area contributed by atoms with Crippen LogP contribution in [0.15, 0.2) is 36.4 Å². The SMILES string of the molecule is Cc1ccc(-c2ccc(Cl)c(CNC3CC3)c2)c(C)c1. The van der Waals surface area contributed by atoms with Gasteiger partial charge in [-0.2, -0.15) is 0 Å². The van der Waals surface area contributed by atoms with E-state index >= 15 is 0 Å². The van der Waals surface area contributed by atoms with Gasteiger partial charge in [-0.25, -0.2) is 0 Å². The number of rotatable bonds is 4. The Labute approximate surface area is 126 Å². The summed E-state index contributed by atoms with van der Waals surface area (Å²) >= 11 is 6.31. The molecule has 2 aromatic rings. The molecule has 0 amide bonds. The summed E-state index contributed by atoms with van der Waals surface area (Å²) in [7, 11) is 0. The fraction of sp³-hybridized carbons (Fsp3) is 0.333. The van der Waals surface area contributed by atoms with Crippen LogP contribution in [0.25, 0.3) is 11.1 Å². The van der Waals surface area contributed by atoms with Crippen LogP contribution in [0.5, 0.6) is 0 Å². The minimum Gasteiger partial charge on any atom is -0.310 e. The van der Waals surface area contributed by atoms with E-state index in [-0.39, 0.29) is 0 Å². The van der Waals surface area contributed by atoms with E-state index in [1.165, 1.54) is 40.7 Å². The molecule has 1 nitrogen and oxygen atoms in total. The van der Waals surface area contributed by atoms with Crippen molar-refractivity contribution in [3.05, 3.63) is 58.1 Å². The van der Waals surface area contributed by atoms with Crippen molar-refractivity contribution in [2.45, 2.75) is 39.3 Å². The van der Waals surface area contributed by atoms with Gasteiger partial charge in [-0.3, -0.25) is 0 Å². The van der Waals surface area contributed by atoms with Crippen molar-refractivity contribution < 1.29 is 0 Å². The van der Waals surface area contributed by atoms with E-state index in [4.69, 9.17) is 11.6 Å². The normalized spacial score (nSPS) is 14.6. The van der Waals surface area contributed by atoms with Gasteiger partial charge in [0, 0.05) is 17.6 Å². The first kappa shape index (κ1) is 13.7. The number of halogens is 1. The lowest BCUT2D eigenvalue weighted by Crippen LogP contribution is -2.15. The van der Waals surface area contributed by atoms with Gasteiger partial charge < -0.3 is 5.32 Å². The molecule has 104 valence electrons. The van der Waals surface area contributed by atoms with E-state index in [0.717, 1.165) is 11.6 Å². The molecule has 0 unspecified atom stereocenters. The van der Waals surface area contributed by atoms with Crippen LogP contribution in [0.1, 0.15) is 29.5 Å². The second kappa shape index (κ2) is 5.59. The molecule has 0 heterocycles. The summed E-state index contributed by atoms with van der Waals surface area (Å²) < 4.78 is 0. The summed E-state index contributed by atoms with van der Waals surface area (Å²) in [6, 6.07) is 13.6. The van der Waals surface area contributed by atoms with E-state index in [9.17, 15) is 0 Å². The van der Waals surface area contributed by atoms with E-state index in [2.05, 4.69) is 49.5 Å². The standard InChI is InChI=1S/C18H20ClN/c1-12-3-7-17(13(2)9-12)14-4-8-18(19)15(10-14)11-20-16-5-6-16/h3-4,7-10,16,20H,5-6,11H2,1-2H3. The van der Waals surface area contributed by atoms with Gasteiger partial charge in [0.1, 0.15) is 0 Å². The lowest BCUT2D eigenvalue weighted by Gasteiger charge is -2.11. The summed E-state index contributed by atoms with van der Waals surface area (Å²) in [6.07, 6.45) is 2.60. The maximum atomic E-state index is 6.31. The molecule has 0 bridgehead atoms. The number of benzene rings is 2. The molecule has 0 aromatic heterocycles. The predicted octanol–water partition coefficient (Wildman–Crippen LogP) is 4.88. The van der Waals surface area contributed by atoms with Gasteiger partial charge >= 0.3 is 0 Å². The van der Waals surface area contributed by atoms with Gasteiger partial charge in [-0.05, 0) is 61.1 Å². The summed E-state index contributed by atoms with van der Waals surface area (Å²) in [5, 5.41) is 4.39. The van der Waals surface area contributed by atoms with Crippen molar-refractivity contribution in [3.8, 4) is 11.1 Å². The van der Waals surface area contributed by atoms with E-state index < -0.39 is 0 Å². The second-order valence-electron chi connectivity index (χ2n) is 5.78. The Bertz CT molecular complexity index is 629. The smallest absolute Gasteiger partial charge is 0.0451 e. The minimum atomic E-state index is 0.704. The van der Waals surface area contributed by atoms with Crippen LogP contribution in [-0.4, -0.2) is 6.04 Å². The average molecular weight is 286 g/mol. The molecule has 2 heteroatoms. The summed E-state index contributed by atoms with van der Waals surface area (Å²) in [5.74, 6) is 0. The highest BCUT2D eigenvalue weighted by Crippen LogP contribution is 2.29. The Morgan fingerprint density at radius 2 is 1.90 bits per heavy atom. The molecule has 3 rings (SSSR count). The fourth-order valence-corrected chi connectivity index (χ4v) is 2.74. The van der Waals surface area contributed by atoms with E-state index in [0.29, 0.717) is 6.04 Å². The zero-order chi connectivity index (χ0) is 14.1. The van der Waals surface area contributed by atoms with Crippen LogP contribution in [0, 0.1) is 13.8 Å². The molecule has 1 aliphatic carbocycles. The quantitative estimate of drug-likeness (QED) is 0.844. The first-order valence-corrected chi connectivity index (χ1v) is 7.61. The predicted molar refractivity (Wildman–Crippen MR) is 86.2 cm³/mol. The molecule has 1 fully saturated rings. The topological polar surface area (TPSA) is 12.0 Å². The van der Waals surface area contributed by atoms with Crippen molar-refractivity contribution in [2.24, 2.45) is 0 Å². The third-order valence-electron chi connectivity index (χ3n) is 3.90. The number of hydrogen-bond donors (Lipinski definition) is 1. The van der Waals surface area contributed by atoms with Gasteiger partial charge in [0.25, 0.3) is 0 Å². The van der Waals surface area contributed by atoms with Gasteiger partial charge in [0.2, 0.25) is 0 Å². The molecule has 2 aromatic carbocycles. The van der Waals surface area contributed by atoms with Crippen molar-refractivity contribution in [3.63, 3.8) is 0 Å². The lowest BCUT2D eigenvalue weighted by atomic mass is 9.97. The van der Waals surface area contributed by atoms with Gasteiger partial charge in [0.05, 0.1) is 0 Å². The van der Waals surface area contributed by atoms with Crippen LogP contribution in [0.4, 0.5) is 0 Å². The van der Waals surface area contributed by atoms with Crippen molar-refractivity contribution in [2.75, 3.05) is 0 Å². The van der Waals surface area contributed by atoms with Gasteiger partial charge in [0.15, 0.2) is 0 Å². The third-order valence-corrected chi connectivity index (χ3v) is 4.27. The van der Waals surface area contributed by atoms with Crippen molar-refractivity contribution >= 4 is 11.6 Å². The molecule has 20 heavy (non-hydrogen) atoms. The third kappa shape index (κ3) is 3.05. The molecule has 0 saturated heterocycles. The minimum absolute atomic E-state index is 0.704. The fourth-order valence-electron chi connectivity index (χ4n) is 2.56. The number of nitrogens with one attached hydrogen (secondary N) is 1. The van der Waals surface area contributed by atoms with Crippen molar-refractivity contribution in [1.82, 2.24) is 5.32 Å². The molecule has 0 aliphatic heterocycles. The highest BCUT2D eigenvalue weighted by atomic mass is 35.5. The van der Waals surface area contributed by atoms with Crippen LogP contribution in [0.3, 0.4) is 0 Å². The summed E-state index contributed by atoms with van der Waals surface area (Å²) in [4.78, 5) is 0. The zero-order valence-electron chi connectivity index (χ0n) is 12.0. The van der Waals surface area contributed by atoms with E-state index in [1.807, 2.05) is 6.07 Å². The molecule has 1 saturated carbocycles. The molecule has 1 aliphatic rings. The first-order chi connectivity index (χ1) is 9.63. The van der Waals surface area contributed by atoms with Crippen LogP contribution in [0.2, 0.25) is 5.02 Å². The zero-order valence-corrected chi connectivity index (χ0v) is 12.8. The van der Waals surface area contributed by atoms with Gasteiger partial charge in [-0.15, -0.1) is 0 Å². The number of hydrogen-bond acceptors (Lipinski definition) is 1. The summed E-state index contributed by atoms with van der Waals surface area (Å²) in [5.41, 5.74) is 6.35. The monoisotopic (exact) mass is 285 g/mol. The van der Waals surface area contributed by atoms with Gasteiger partial charge in [-0.1, -0.05) is 41.4 Å². The molecule has 0 atom stereocenters. The average Bonchev–Trinajstić information content (AvgIpc) is 3.22. The Kier molecular flexibility index (Phi) is 3.82. The largest absolute Gasteiger partial charge is 0.310 e. The molecule has 0 radical (unpaired) electrons. The second-order valence-corrected chi connectivity index (χ2v) is 6.19. The Morgan fingerprint density at radius 3 is 2.60 bits per heavy atom. The molecular formula is C18H20ClN. The molecular weight excluding hydrogens is 266 g/mol. The number of aryl methyl sites for hydroxylation is 2. The Hall–Kier alpha value is -1.31. The molecule has 1 N–H and O–H groups in total. The van der Waals surface area contributed by atoms with Crippen LogP contribution >= 0.6 is 11.6 Å². The summed E-state index contributed by atoms with van der Waals surface area (Å²) in [6.45, 7) is 5.16. The van der Waals surface area contributed by atoms with Crippen LogP contribution < -0.4 is 5.32 Å². The maximum absolute atomic E-state index is 6.31. The Morgan fingerprint density at radius 1 is 1.10 bits per heavy atom. The highest BCUT2D eigenvalue weighted by molar-refractivity contribution is 6.31. The first-order valence-electron chi connectivity index (χ1n) is 7.23. The lowest BCUT2D eigenvalue weighted by molar-refractivity contribution is 0.688. The highest BCUT2D eigenvalue weighted by Gasteiger charge is 2.20. The van der Waals surface area contributed by atoms with Crippen molar-refractivity contribution in [1.29, 1.82) is 0 Å². The van der Waals surface area contributed by atoms with Crippen LogP contribution in [-0.2, 0) is 6.54 Å². The van der Waals surface area contributed by atoms with E-state index in [1.54, 1.807) is 0 Å². The maximum Gasteiger partial charge on any atom is 0.0451 e. The molecule has 0 spiro atoms.